The molecule has 70 valence electrons. The van der Waals surface area contributed by atoms with Gasteiger partial charge in [0.05, 0.1) is 0 Å². The quantitative estimate of drug-likeness (QED) is 0.824. The van der Waals surface area contributed by atoms with Crippen molar-refractivity contribution in [1.82, 2.24) is 4.72 Å². The van der Waals surface area contributed by atoms with E-state index < -0.39 is 10.0 Å². The zero-order valence-electron chi connectivity index (χ0n) is 6.40. The van der Waals surface area contributed by atoms with Gasteiger partial charge in [0.1, 0.15) is 4.90 Å². The molecule has 1 aromatic carbocycles. The largest absolute Gasteiger partial charge is 0.278 e. The summed E-state index contributed by atoms with van der Waals surface area (Å²) >= 11 is 3.07. The molecule has 0 heterocycles. The molecule has 1 aromatic rings. The van der Waals surface area contributed by atoms with E-state index >= 15 is 0 Å². The summed E-state index contributed by atoms with van der Waals surface area (Å²) in [6.07, 6.45) is 0.134. The van der Waals surface area contributed by atoms with Crippen molar-refractivity contribution >= 4 is 32.4 Å². The lowest BCUT2D eigenvalue weighted by molar-refractivity contribution is -0.108. The highest BCUT2D eigenvalue weighted by Gasteiger charge is 2.15. The van der Waals surface area contributed by atoms with Crippen LogP contribution in [0.25, 0.3) is 0 Å². The molecule has 0 unspecified atom stereocenters. The average molecular weight is 264 g/mol. The molecule has 1 N–H and O–H groups in total. The van der Waals surface area contributed by atoms with Crippen LogP contribution in [0.1, 0.15) is 0 Å². The number of halogens is 1. The minimum atomic E-state index is -3.71. The number of nitrogens with one attached hydrogen (secondary N) is 1. The molecular weight excluding hydrogens is 258 g/mol. The predicted molar refractivity (Wildman–Crippen MR) is 50.5 cm³/mol. The number of carbonyl (C=O) groups excluding carboxylic acids is 1. The van der Waals surface area contributed by atoms with Crippen molar-refractivity contribution < 1.29 is 13.2 Å². The third kappa shape index (κ3) is 2.28. The zero-order chi connectivity index (χ0) is 9.90. The first-order chi connectivity index (χ1) is 6.08. The molecule has 1 amide bonds. The molecule has 0 spiro atoms. The summed E-state index contributed by atoms with van der Waals surface area (Å²) in [5.74, 6) is 0. The minimum absolute atomic E-state index is 0.0436. The second-order valence-corrected chi connectivity index (χ2v) is 4.71. The molecule has 0 aromatic heterocycles. The molecule has 0 bridgehead atoms. The van der Waals surface area contributed by atoms with E-state index in [9.17, 15) is 13.2 Å². The Bertz CT molecular complexity index is 416. The molecule has 0 fully saturated rings. The number of rotatable bonds is 3. The van der Waals surface area contributed by atoms with Crippen LogP contribution >= 0.6 is 15.9 Å². The van der Waals surface area contributed by atoms with Crippen molar-refractivity contribution in [2.45, 2.75) is 4.90 Å². The summed E-state index contributed by atoms with van der Waals surface area (Å²) in [5.41, 5.74) is 0. The normalized spacial score (nSPS) is 10.8. The Morgan fingerprint density at radius 2 is 1.92 bits per heavy atom. The van der Waals surface area contributed by atoms with Gasteiger partial charge in [0, 0.05) is 4.47 Å². The second-order valence-electron chi connectivity index (χ2n) is 2.17. The Labute approximate surface area is 84.1 Å². The second kappa shape index (κ2) is 3.89. The molecule has 1 rings (SSSR count). The number of sulfonamides is 1. The molecular formula is C7H6BrNO3S. The first-order valence-electron chi connectivity index (χ1n) is 3.28. The number of hydrogen-bond donors (Lipinski definition) is 1. The van der Waals surface area contributed by atoms with E-state index in [1.807, 2.05) is 0 Å². The molecule has 4 nitrogen and oxygen atoms in total. The van der Waals surface area contributed by atoms with Crippen LogP contribution in [-0.4, -0.2) is 14.8 Å². The first kappa shape index (κ1) is 10.2. The predicted octanol–water partition coefficient (Wildman–Crippen LogP) is 0.884. The van der Waals surface area contributed by atoms with E-state index in [1.165, 1.54) is 6.07 Å². The summed E-state index contributed by atoms with van der Waals surface area (Å²) in [4.78, 5) is 10.0. The lowest BCUT2D eigenvalue weighted by Crippen LogP contribution is -2.22. The summed E-state index contributed by atoms with van der Waals surface area (Å²) in [6.45, 7) is 0. The van der Waals surface area contributed by atoms with Crippen LogP contribution in [0.3, 0.4) is 0 Å². The molecule has 13 heavy (non-hydrogen) atoms. The monoisotopic (exact) mass is 263 g/mol. The number of benzene rings is 1. The van der Waals surface area contributed by atoms with Gasteiger partial charge in [-0.15, -0.1) is 0 Å². The van der Waals surface area contributed by atoms with Gasteiger partial charge in [0.2, 0.25) is 6.41 Å². The number of carbonyl (C=O) groups is 1. The lowest BCUT2D eigenvalue weighted by Gasteiger charge is -2.03. The van der Waals surface area contributed by atoms with Crippen LogP contribution < -0.4 is 4.72 Å². The van der Waals surface area contributed by atoms with Gasteiger partial charge in [-0.25, -0.2) is 8.42 Å². The highest BCUT2D eigenvalue weighted by atomic mass is 79.9. The minimum Gasteiger partial charge on any atom is -0.278 e. The first-order valence-corrected chi connectivity index (χ1v) is 5.56. The third-order valence-electron chi connectivity index (χ3n) is 1.33. The van der Waals surface area contributed by atoms with Gasteiger partial charge < -0.3 is 0 Å². The smallest absolute Gasteiger partial charge is 0.264 e. The van der Waals surface area contributed by atoms with E-state index in [0.717, 1.165) is 0 Å². The molecule has 0 aliphatic carbocycles. The highest BCUT2D eigenvalue weighted by molar-refractivity contribution is 9.10. The van der Waals surface area contributed by atoms with Gasteiger partial charge in [0.25, 0.3) is 10.0 Å². The fourth-order valence-electron chi connectivity index (χ4n) is 0.789. The molecule has 0 aliphatic heterocycles. The third-order valence-corrected chi connectivity index (χ3v) is 3.62. The highest BCUT2D eigenvalue weighted by Crippen LogP contribution is 2.20. The maximum absolute atomic E-state index is 11.3. The molecule has 0 saturated heterocycles. The molecule has 6 heteroatoms. The Morgan fingerprint density at radius 3 is 2.46 bits per heavy atom. The van der Waals surface area contributed by atoms with Crippen LogP contribution in [0.15, 0.2) is 33.6 Å². The van der Waals surface area contributed by atoms with E-state index in [2.05, 4.69) is 15.9 Å². The van der Waals surface area contributed by atoms with Gasteiger partial charge in [-0.1, -0.05) is 12.1 Å². The Morgan fingerprint density at radius 1 is 1.31 bits per heavy atom. The number of hydrogen-bond acceptors (Lipinski definition) is 3. The Balaban J connectivity index is 3.22. The van der Waals surface area contributed by atoms with Crippen molar-refractivity contribution in [3.63, 3.8) is 0 Å². The van der Waals surface area contributed by atoms with Crippen LogP contribution in [0.5, 0.6) is 0 Å². The van der Waals surface area contributed by atoms with Crippen LogP contribution in [0, 0.1) is 0 Å². The fraction of sp³-hybridized carbons (Fsp3) is 0. The van der Waals surface area contributed by atoms with Crippen LogP contribution in [0.2, 0.25) is 0 Å². The molecule has 0 saturated carbocycles. The number of amides is 1. The van der Waals surface area contributed by atoms with Gasteiger partial charge in [-0.3, -0.25) is 9.52 Å². The van der Waals surface area contributed by atoms with Crippen molar-refractivity contribution in [1.29, 1.82) is 0 Å². The maximum atomic E-state index is 11.3. The van der Waals surface area contributed by atoms with Gasteiger partial charge >= 0.3 is 0 Å². The molecule has 0 atom stereocenters. The zero-order valence-corrected chi connectivity index (χ0v) is 8.80. The fourth-order valence-corrected chi connectivity index (χ4v) is 2.55. The summed E-state index contributed by atoms with van der Waals surface area (Å²) in [6, 6.07) is 6.24. The summed E-state index contributed by atoms with van der Waals surface area (Å²) in [7, 11) is -3.71. The SMILES string of the molecule is O=CNS(=O)(=O)c1ccccc1Br. The van der Waals surface area contributed by atoms with E-state index in [4.69, 9.17) is 0 Å². The van der Waals surface area contributed by atoms with Crippen molar-refractivity contribution in [2.24, 2.45) is 0 Å². The summed E-state index contributed by atoms with van der Waals surface area (Å²) in [5, 5.41) is 0. The van der Waals surface area contributed by atoms with E-state index in [-0.39, 0.29) is 11.3 Å². The lowest BCUT2D eigenvalue weighted by atomic mass is 10.4. The van der Waals surface area contributed by atoms with Gasteiger partial charge in [-0.2, -0.15) is 0 Å². The van der Waals surface area contributed by atoms with Crippen molar-refractivity contribution in [2.75, 3.05) is 0 Å². The topological polar surface area (TPSA) is 63.2 Å². The standard InChI is InChI=1S/C7H6BrNO3S/c8-6-3-1-2-4-7(6)13(11,12)9-5-10/h1-5H,(H,9,10). The Hall–Kier alpha value is -0.880. The van der Waals surface area contributed by atoms with Crippen molar-refractivity contribution in [3.05, 3.63) is 28.7 Å². The molecule has 0 radical (unpaired) electrons. The summed E-state index contributed by atoms with van der Waals surface area (Å²) < 4.78 is 24.7. The Kier molecular flexibility index (Phi) is 3.05. The van der Waals surface area contributed by atoms with Gasteiger partial charge in [-0.05, 0) is 28.1 Å². The average Bonchev–Trinajstić information content (AvgIpc) is 2.04. The van der Waals surface area contributed by atoms with E-state index in [0.29, 0.717) is 4.47 Å². The van der Waals surface area contributed by atoms with Crippen LogP contribution in [0.4, 0.5) is 0 Å². The maximum Gasteiger partial charge on any atom is 0.264 e. The van der Waals surface area contributed by atoms with Gasteiger partial charge in [0.15, 0.2) is 0 Å². The van der Waals surface area contributed by atoms with E-state index in [1.54, 1.807) is 22.9 Å². The molecule has 0 aliphatic rings. The van der Waals surface area contributed by atoms with Crippen LogP contribution in [-0.2, 0) is 14.8 Å². The van der Waals surface area contributed by atoms with Crippen molar-refractivity contribution in [3.8, 4) is 0 Å².